The zero-order valence-electron chi connectivity index (χ0n) is 15.6. The van der Waals surface area contributed by atoms with Crippen molar-refractivity contribution < 1.29 is 13.2 Å². The smallest absolute Gasteiger partial charge is 0.276 e. The molecule has 6 nitrogen and oxygen atoms in total. The first-order chi connectivity index (χ1) is 12.1. The number of aryl methyl sites for hydroxylation is 2. The summed E-state index contributed by atoms with van der Waals surface area (Å²) in [5, 5.41) is 7.35. The Morgan fingerprint density at radius 2 is 1.85 bits per heavy atom. The first kappa shape index (κ1) is 18.6. The number of carbonyl (C=O) groups is 1. The predicted molar refractivity (Wildman–Crippen MR) is 102 cm³/mol. The average molecular weight is 375 g/mol. The highest BCUT2D eigenvalue weighted by Crippen LogP contribution is 2.28. The number of benzene rings is 1. The third kappa shape index (κ3) is 3.98. The second kappa shape index (κ2) is 6.87. The zero-order chi connectivity index (χ0) is 19.1. The molecule has 3 rings (SSSR count). The van der Waals surface area contributed by atoms with Gasteiger partial charge in [-0.25, -0.2) is 8.42 Å². The normalized spacial score (nSPS) is 19.0. The number of sulfone groups is 1. The lowest BCUT2D eigenvalue weighted by Crippen LogP contribution is -2.17. The van der Waals surface area contributed by atoms with Crippen LogP contribution in [0.25, 0.3) is 0 Å². The number of hydrogen-bond donors (Lipinski definition) is 1. The van der Waals surface area contributed by atoms with Crippen molar-refractivity contribution in [1.29, 1.82) is 0 Å². The van der Waals surface area contributed by atoms with Gasteiger partial charge in [0.15, 0.2) is 15.5 Å². The van der Waals surface area contributed by atoms with Gasteiger partial charge >= 0.3 is 0 Å². The van der Waals surface area contributed by atoms with Crippen LogP contribution in [-0.4, -0.2) is 35.6 Å². The van der Waals surface area contributed by atoms with Gasteiger partial charge in [-0.2, -0.15) is 5.10 Å². The fraction of sp³-hybridized carbons (Fsp3) is 0.474. The highest BCUT2D eigenvalue weighted by Gasteiger charge is 2.32. The van der Waals surface area contributed by atoms with Gasteiger partial charge < -0.3 is 5.32 Å². The molecular formula is C19H25N3O3S. The van der Waals surface area contributed by atoms with E-state index < -0.39 is 9.84 Å². The van der Waals surface area contributed by atoms with Crippen LogP contribution in [0, 0.1) is 13.8 Å². The molecule has 0 saturated carbocycles. The molecule has 1 saturated heterocycles. The molecule has 1 aliphatic rings. The third-order valence-corrected chi connectivity index (χ3v) is 6.37. The van der Waals surface area contributed by atoms with Crippen LogP contribution in [0.3, 0.4) is 0 Å². The summed E-state index contributed by atoms with van der Waals surface area (Å²) in [7, 11) is -3.02. The van der Waals surface area contributed by atoms with Gasteiger partial charge in [-0.1, -0.05) is 19.9 Å². The molecular weight excluding hydrogens is 350 g/mol. The minimum Gasteiger partial charge on any atom is -0.321 e. The van der Waals surface area contributed by atoms with Gasteiger partial charge in [0.1, 0.15) is 0 Å². The van der Waals surface area contributed by atoms with Gasteiger partial charge in [-0.3, -0.25) is 9.48 Å². The van der Waals surface area contributed by atoms with E-state index in [1.807, 2.05) is 45.9 Å². The largest absolute Gasteiger partial charge is 0.321 e. The van der Waals surface area contributed by atoms with E-state index >= 15 is 0 Å². The Hall–Kier alpha value is -2.15. The second-order valence-electron chi connectivity index (χ2n) is 7.44. The molecule has 1 atom stereocenters. The lowest BCUT2D eigenvalue weighted by Gasteiger charge is -2.15. The molecule has 140 valence electrons. The van der Waals surface area contributed by atoms with Crippen molar-refractivity contribution in [1.82, 2.24) is 9.78 Å². The fourth-order valence-electron chi connectivity index (χ4n) is 3.45. The lowest BCUT2D eigenvalue weighted by atomic mass is 10.1. The minimum absolute atomic E-state index is 0.0898. The van der Waals surface area contributed by atoms with Gasteiger partial charge in [0.2, 0.25) is 0 Å². The van der Waals surface area contributed by atoms with E-state index in [0.717, 1.165) is 22.5 Å². The molecule has 1 amide bonds. The first-order valence-electron chi connectivity index (χ1n) is 8.84. The topological polar surface area (TPSA) is 81.1 Å². The number of rotatable bonds is 4. The molecule has 2 heterocycles. The highest BCUT2D eigenvalue weighted by molar-refractivity contribution is 7.91. The molecule has 26 heavy (non-hydrogen) atoms. The average Bonchev–Trinajstić information content (AvgIpc) is 3.09. The van der Waals surface area contributed by atoms with Crippen LogP contribution in [0.1, 0.15) is 59.5 Å². The van der Waals surface area contributed by atoms with E-state index in [-0.39, 0.29) is 29.4 Å². The summed E-state index contributed by atoms with van der Waals surface area (Å²) in [5.74, 6) is 0.135. The van der Waals surface area contributed by atoms with Crippen LogP contribution in [0.2, 0.25) is 0 Å². The zero-order valence-corrected chi connectivity index (χ0v) is 16.4. The number of anilines is 1. The van der Waals surface area contributed by atoms with Crippen molar-refractivity contribution in [3.05, 3.63) is 46.8 Å². The second-order valence-corrected chi connectivity index (χ2v) is 9.67. The number of amides is 1. The Balaban J connectivity index is 1.88. The fourth-order valence-corrected chi connectivity index (χ4v) is 5.15. The summed E-state index contributed by atoms with van der Waals surface area (Å²) >= 11 is 0. The molecule has 1 aliphatic heterocycles. The summed E-state index contributed by atoms with van der Waals surface area (Å²) in [4.78, 5) is 12.7. The van der Waals surface area contributed by atoms with Crippen molar-refractivity contribution in [2.75, 3.05) is 16.8 Å². The number of aromatic nitrogens is 2. The maximum absolute atomic E-state index is 12.7. The molecule has 1 unspecified atom stereocenters. The van der Waals surface area contributed by atoms with Crippen LogP contribution in [0.5, 0.6) is 0 Å². The van der Waals surface area contributed by atoms with Crippen LogP contribution in [0.4, 0.5) is 5.69 Å². The minimum atomic E-state index is -3.02. The van der Waals surface area contributed by atoms with Gasteiger partial charge in [0.05, 0.1) is 17.5 Å². The van der Waals surface area contributed by atoms with E-state index in [2.05, 4.69) is 10.4 Å². The Bertz CT molecular complexity index is 925. The van der Waals surface area contributed by atoms with E-state index in [9.17, 15) is 13.2 Å². The van der Waals surface area contributed by atoms with Crippen LogP contribution < -0.4 is 5.32 Å². The molecule has 7 heteroatoms. The van der Waals surface area contributed by atoms with E-state index in [1.54, 1.807) is 10.7 Å². The molecule has 1 fully saturated rings. The van der Waals surface area contributed by atoms with Crippen molar-refractivity contribution in [2.45, 2.75) is 46.1 Å². The summed E-state index contributed by atoms with van der Waals surface area (Å²) in [6, 6.07) is 7.44. The first-order valence-corrected chi connectivity index (χ1v) is 10.7. The van der Waals surface area contributed by atoms with Crippen LogP contribution >= 0.6 is 0 Å². The highest BCUT2D eigenvalue weighted by atomic mass is 32.2. The van der Waals surface area contributed by atoms with Crippen molar-refractivity contribution in [3.63, 3.8) is 0 Å². The van der Waals surface area contributed by atoms with Crippen molar-refractivity contribution >= 4 is 21.4 Å². The maximum Gasteiger partial charge on any atom is 0.276 e. The van der Waals surface area contributed by atoms with Crippen LogP contribution in [0.15, 0.2) is 24.3 Å². The van der Waals surface area contributed by atoms with E-state index in [4.69, 9.17) is 0 Å². The van der Waals surface area contributed by atoms with Crippen molar-refractivity contribution in [2.24, 2.45) is 0 Å². The number of hydrogen-bond acceptors (Lipinski definition) is 4. The molecule has 0 radical (unpaired) electrons. The van der Waals surface area contributed by atoms with Crippen molar-refractivity contribution in [3.8, 4) is 0 Å². The molecule has 2 aromatic rings. The van der Waals surface area contributed by atoms with Gasteiger partial charge in [0.25, 0.3) is 5.91 Å². The van der Waals surface area contributed by atoms with E-state index in [1.165, 1.54) is 0 Å². The number of carbonyl (C=O) groups excluding carboxylic acids is 1. The molecule has 0 aliphatic carbocycles. The summed E-state index contributed by atoms with van der Waals surface area (Å²) < 4.78 is 25.4. The number of nitrogens with one attached hydrogen (secondary N) is 1. The van der Waals surface area contributed by atoms with Gasteiger partial charge in [-0.15, -0.1) is 0 Å². The summed E-state index contributed by atoms with van der Waals surface area (Å²) in [5.41, 5.74) is 4.08. The Kier molecular flexibility index (Phi) is 4.92. The predicted octanol–water partition coefficient (Wildman–Crippen LogP) is 3.24. The maximum atomic E-state index is 12.7. The number of nitrogens with zero attached hydrogens (tertiary/aromatic N) is 2. The molecule has 0 bridgehead atoms. The quantitative estimate of drug-likeness (QED) is 0.889. The Labute approximate surface area is 154 Å². The Morgan fingerprint density at radius 1 is 1.19 bits per heavy atom. The monoisotopic (exact) mass is 375 g/mol. The summed E-state index contributed by atoms with van der Waals surface area (Å²) in [6.45, 7) is 7.99. The molecule has 0 spiro atoms. The van der Waals surface area contributed by atoms with E-state index in [0.29, 0.717) is 12.1 Å². The molecule has 1 N–H and O–H groups in total. The van der Waals surface area contributed by atoms with Crippen LogP contribution in [-0.2, 0) is 9.84 Å². The van der Waals surface area contributed by atoms with Gasteiger partial charge in [0, 0.05) is 11.4 Å². The molecule has 1 aromatic heterocycles. The standard InChI is InChI=1S/C19H25N3O3S/c1-12(2)18-10-17(21-22(18)16-5-6-26(24,25)11-16)19(23)20-15-8-13(3)7-14(4)9-15/h7-10,12,16H,5-6,11H2,1-4H3,(H,20,23). The molecule has 1 aromatic carbocycles. The van der Waals surface area contributed by atoms with Gasteiger partial charge in [-0.05, 0) is 55.5 Å². The lowest BCUT2D eigenvalue weighted by molar-refractivity contribution is 0.102. The third-order valence-electron chi connectivity index (χ3n) is 4.62. The Morgan fingerprint density at radius 3 is 2.38 bits per heavy atom. The summed E-state index contributed by atoms with van der Waals surface area (Å²) in [6.07, 6.45) is 0.544. The SMILES string of the molecule is Cc1cc(C)cc(NC(=O)c2cc(C(C)C)n(C3CCS(=O)(=O)C3)n2)c1.